The van der Waals surface area contributed by atoms with E-state index in [4.69, 9.17) is 4.74 Å². The largest absolute Gasteiger partial charge is 0.371 e. The predicted molar refractivity (Wildman–Crippen MR) is 129 cm³/mol. The Bertz CT molecular complexity index is 1060. The lowest BCUT2D eigenvalue weighted by atomic mass is 10.0. The molecule has 0 radical (unpaired) electrons. The van der Waals surface area contributed by atoms with Gasteiger partial charge in [0.15, 0.2) is 6.35 Å². The summed E-state index contributed by atoms with van der Waals surface area (Å²) in [5.41, 5.74) is 2.75. The van der Waals surface area contributed by atoms with Crippen LogP contribution in [0.1, 0.15) is 49.3 Å². The van der Waals surface area contributed by atoms with Crippen LogP contribution in [0.2, 0.25) is 0 Å². The van der Waals surface area contributed by atoms with Gasteiger partial charge in [-0.15, -0.1) is 0 Å². The van der Waals surface area contributed by atoms with Gasteiger partial charge in [-0.25, -0.2) is 4.39 Å². The van der Waals surface area contributed by atoms with Crippen LogP contribution in [0.25, 0.3) is 0 Å². The van der Waals surface area contributed by atoms with Crippen molar-refractivity contribution in [2.24, 2.45) is 0 Å². The van der Waals surface area contributed by atoms with Gasteiger partial charge in [0.2, 0.25) is 11.8 Å². The normalized spacial score (nSPS) is 23.9. The third-order valence-corrected chi connectivity index (χ3v) is 7.26. The van der Waals surface area contributed by atoms with Gasteiger partial charge in [-0.3, -0.25) is 19.9 Å². The van der Waals surface area contributed by atoms with Gasteiger partial charge in [0, 0.05) is 69.6 Å². The van der Waals surface area contributed by atoms with Gasteiger partial charge in [0.05, 0.1) is 12.3 Å². The minimum absolute atomic E-state index is 0.000453. The molecule has 1 aromatic carbocycles. The van der Waals surface area contributed by atoms with E-state index >= 15 is 0 Å². The van der Waals surface area contributed by atoms with Crippen LogP contribution in [-0.2, 0) is 20.9 Å². The highest BCUT2D eigenvalue weighted by atomic mass is 19.1. The molecular formula is C26H32FN5O3. The molecule has 0 bridgehead atoms. The highest BCUT2D eigenvalue weighted by Crippen LogP contribution is 2.28. The standard InChI is InChI=1S/C26H32FN5O3/c1-30-25(34)15-23(21-8-11-28-16-22(21)27)29-26(30)35-20-9-13-31(14-10-20)19-6-4-18(5-7-19)17-32-12-2-3-24(32)33/h4-8,11,16,20,23,26,29H,2-3,9-10,12-15,17H2,1H3. The first-order valence-electron chi connectivity index (χ1n) is 12.4. The first kappa shape index (κ1) is 23.7. The van der Waals surface area contributed by atoms with Gasteiger partial charge in [0.25, 0.3) is 0 Å². The number of aromatic nitrogens is 1. The van der Waals surface area contributed by atoms with E-state index in [1.165, 1.54) is 12.4 Å². The molecule has 9 heteroatoms. The van der Waals surface area contributed by atoms with Gasteiger partial charge >= 0.3 is 0 Å². The van der Waals surface area contributed by atoms with E-state index in [0.717, 1.165) is 50.1 Å². The summed E-state index contributed by atoms with van der Waals surface area (Å²) in [7, 11) is 1.71. The molecule has 3 saturated heterocycles. The van der Waals surface area contributed by atoms with Gasteiger partial charge in [0.1, 0.15) is 5.82 Å². The van der Waals surface area contributed by atoms with Crippen molar-refractivity contribution >= 4 is 17.5 Å². The number of nitrogens with one attached hydrogen (secondary N) is 1. The lowest BCUT2D eigenvalue weighted by Gasteiger charge is -2.41. The smallest absolute Gasteiger partial charge is 0.227 e. The van der Waals surface area contributed by atoms with E-state index in [2.05, 4.69) is 39.5 Å². The molecule has 0 spiro atoms. The Labute approximate surface area is 205 Å². The molecule has 3 fully saturated rings. The Balaban J connectivity index is 1.15. The maximum Gasteiger partial charge on any atom is 0.227 e. The van der Waals surface area contributed by atoms with E-state index in [1.54, 1.807) is 18.0 Å². The second-order valence-corrected chi connectivity index (χ2v) is 9.59. The minimum atomic E-state index is -0.599. The summed E-state index contributed by atoms with van der Waals surface area (Å²) < 4.78 is 20.5. The highest BCUT2D eigenvalue weighted by molar-refractivity contribution is 5.78. The average Bonchev–Trinajstić information content (AvgIpc) is 3.27. The second kappa shape index (κ2) is 10.3. The lowest BCUT2D eigenvalue weighted by molar-refractivity contribution is -0.167. The van der Waals surface area contributed by atoms with Gasteiger partial charge < -0.3 is 19.4 Å². The summed E-state index contributed by atoms with van der Waals surface area (Å²) in [6, 6.07) is 9.62. The summed E-state index contributed by atoms with van der Waals surface area (Å²) in [6.07, 6.45) is 5.57. The zero-order chi connectivity index (χ0) is 24.4. The number of nitrogens with zero attached hydrogens (tertiary/aromatic N) is 4. The maximum absolute atomic E-state index is 14.2. The van der Waals surface area contributed by atoms with Crippen molar-refractivity contribution in [3.63, 3.8) is 0 Å². The molecule has 2 amide bonds. The fourth-order valence-corrected chi connectivity index (χ4v) is 5.13. The summed E-state index contributed by atoms with van der Waals surface area (Å²) in [5.74, 6) is -0.260. The molecule has 0 aliphatic carbocycles. The summed E-state index contributed by atoms with van der Waals surface area (Å²) in [5, 5.41) is 3.29. The molecular weight excluding hydrogens is 449 g/mol. The number of anilines is 1. The Morgan fingerprint density at radius 3 is 2.54 bits per heavy atom. The quantitative estimate of drug-likeness (QED) is 0.684. The number of benzene rings is 1. The number of pyridine rings is 1. The van der Waals surface area contributed by atoms with Crippen LogP contribution in [0.15, 0.2) is 42.7 Å². The molecule has 186 valence electrons. The summed E-state index contributed by atoms with van der Waals surface area (Å²) in [4.78, 5) is 34.1. The Morgan fingerprint density at radius 1 is 1.09 bits per heavy atom. The van der Waals surface area contributed by atoms with Crippen LogP contribution < -0.4 is 10.2 Å². The molecule has 4 heterocycles. The van der Waals surface area contributed by atoms with Crippen LogP contribution in [0.4, 0.5) is 10.1 Å². The fraction of sp³-hybridized carbons (Fsp3) is 0.500. The maximum atomic E-state index is 14.2. The van der Waals surface area contributed by atoms with Crippen LogP contribution >= 0.6 is 0 Å². The van der Waals surface area contributed by atoms with Crippen molar-refractivity contribution < 1.29 is 18.7 Å². The van der Waals surface area contributed by atoms with E-state index in [0.29, 0.717) is 18.5 Å². The zero-order valence-electron chi connectivity index (χ0n) is 20.0. The second-order valence-electron chi connectivity index (χ2n) is 9.59. The monoisotopic (exact) mass is 481 g/mol. The van der Waals surface area contributed by atoms with Crippen LogP contribution in [-0.4, -0.2) is 65.7 Å². The molecule has 3 aliphatic rings. The number of likely N-dealkylation sites (tertiary alicyclic amines) is 1. The molecule has 35 heavy (non-hydrogen) atoms. The number of piperidine rings is 1. The molecule has 2 aromatic rings. The van der Waals surface area contributed by atoms with Gasteiger partial charge in [-0.1, -0.05) is 12.1 Å². The summed E-state index contributed by atoms with van der Waals surface area (Å²) >= 11 is 0. The number of amides is 2. The number of ether oxygens (including phenoxy) is 1. The molecule has 1 N–H and O–H groups in total. The minimum Gasteiger partial charge on any atom is -0.371 e. The third kappa shape index (κ3) is 5.31. The number of carbonyl (C=O) groups excluding carboxylic acids is 2. The first-order chi connectivity index (χ1) is 17.0. The average molecular weight is 482 g/mol. The molecule has 8 nitrogen and oxygen atoms in total. The van der Waals surface area contributed by atoms with Crippen molar-refractivity contribution in [1.82, 2.24) is 20.1 Å². The molecule has 1 aromatic heterocycles. The fourth-order valence-electron chi connectivity index (χ4n) is 5.13. The van der Waals surface area contributed by atoms with E-state index in [1.807, 2.05) is 4.90 Å². The molecule has 2 atom stereocenters. The number of rotatable bonds is 6. The number of carbonyl (C=O) groups is 2. The van der Waals surface area contributed by atoms with E-state index < -0.39 is 18.2 Å². The third-order valence-electron chi connectivity index (χ3n) is 7.26. The molecule has 5 rings (SSSR count). The SMILES string of the molecule is CN1C(=O)CC(c2ccncc2F)NC1OC1CCN(c2ccc(CN3CCCC3=O)cc2)CC1. The van der Waals surface area contributed by atoms with Gasteiger partial charge in [-0.2, -0.15) is 0 Å². The van der Waals surface area contributed by atoms with Crippen molar-refractivity contribution in [2.45, 2.75) is 57.1 Å². The van der Waals surface area contributed by atoms with Crippen molar-refractivity contribution in [1.29, 1.82) is 0 Å². The van der Waals surface area contributed by atoms with Gasteiger partial charge in [-0.05, 0) is 43.0 Å². The topological polar surface area (TPSA) is 78.0 Å². The first-order valence-corrected chi connectivity index (χ1v) is 12.4. The van der Waals surface area contributed by atoms with Crippen LogP contribution in [0, 0.1) is 5.82 Å². The molecule has 2 unspecified atom stereocenters. The van der Waals surface area contributed by atoms with Crippen LogP contribution in [0.3, 0.4) is 0 Å². The van der Waals surface area contributed by atoms with E-state index in [-0.39, 0.29) is 24.3 Å². The Hall–Kier alpha value is -3.04. The van der Waals surface area contributed by atoms with Crippen LogP contribution in [0.5, 0.6) is 0 Å². The number of hydrogen-bond donors (Lipinski definition) is 1. The molecule has 0 saturated carbocycles. The van der Waals surface area contributed by atoms with Crippen molar-refractivity contribution in [3.8, 4) is 0 Å². The Morgan fingerprint density at radius 2 is 1.86 bits per heavy atom. The molecule has 3 aliphatic heterocycles. The Kier molecular flexibility index (Phi) is 6.97. The number of halogens is 1. The van der Waals surface area contributed by atoms with Crippen molar-refractivity contribution in [2.75, 3.05) is 31.6 Å². The number of hydrogen-bond acceptors (Lipinski definition) is 6. The summed E-state index contributed by atoms with van der Waals surface area (Å²) in [6.45, 7) is 3.23. The van der Waals surface area contributed by atoms with Crippen molar-refractivity contribution in [3.05, 3.63) is 59.7 Å². The predicted octanol–water partition coefficient (Wildman–Crippen LogP) is 2.81. The lowest BCUT2D eigenvalue weighted by Crippen LogP contribution is -2.56. The van der Waals surface area contributed by atoms with E-state index in [9.17, 15) is 14.0 Å². The zero-order valence-corrected chi connectivity index (χ0v) is 20.0. The highest BCUT2D eigenvalue weighted by Gasteiger charge is 2.35.